The van der Waals surface area contributed by atoms with E-state index in [-0.39, 0.29) is 5.56 Å². The minimum atomic E-state index is -0.182. The lowest BCUT2D eigenvalue weighted by atomic mass is 10.1. The number of halogens is 3. The van der Waals surface area contributed by atoms with Crippen molar-refractivity contribution in [2.75, 3.05) is 0 Å². The topological polar surface area (TPSA) is 45.8 Å². The molecule has 0 saturated carbocycles. The van der Waals surface area contributed by atoms with Gasteiger partial charge in [-0.25, -0.2) is 4.98 Å². The van der Waals surface area contributed by atoms with Crippen molar-refractivity contribution in [1.29, 1.82) is 0 Å². The van der Waals surface area contributed by atoms with Crippen molar-refractivity contribution >= 4 is 39.1 Å². The molecule has 6 heteroatoms. The smallest absolute Gasteiger partial charge is 0.265 e. The van der Waals surface area contributed by atoms with E-state index in [0.29, 0.717) is 32.7 Å². The van der Waals surface area contributed by atoms with Crippen LogP contribution >= 0.6 is 39.1 Å². The fourth-order valence-electron chi connectivity index (χ4n) is 2.03. The van der Waals surface area contributed by atoms with Crippen molar-refractivity contribution < 1.29 is 0 Å². The van der Waals surface area contributed by atoms with Crippen LogP contribution in [0.15, 0.2) is 27.5 Å². The highest BCUT2D eigenvalue weighted by Crippen LogP contribution is 2.26. The van der Waals surface area contributed by atoms with Crippen LogP contribution < -0.4 is 5.56 Å². The summed E-state index contributed by atoms with van der Waals surface area (Å²) in [6.45, 7) is 4.17. The van der Waals surface area contributed by atoms with Crippen LogP contribution in [0.4, 0.5) is 0 Å². The van der Waals surface area contributed by atoms with Gasteiger partial charge in [0, 0.05) is 16.5 Å². The molecule has 3 nitrogen and oxygen atoms in total. The predicted molar refractivity (Wildman–Crippen MR) is 90.4 cm³/mol. The maximum atomic E-state index is 12.0. The van der Waals surface area contributed by atoms with Crippen LogP contribution in [0.5, 0.6) is 0 Å². The average Bonchev–Trinajstić information content (AvgIpc) is 2.39. The lowest BCUT2D eigenvalue weighted by Gasteiger charge is -2.10. The number of nitrogens with one attached hydrogen (secondary N) is 1. The molecule has 21 heavy (non-hydrogen) atoms. The van der Waals surface area contributed by atoms with Crippen molar-refractivity contribution in [2.45, 2.75) is 26.7 Å². The van der Waals surface area contributed by atoms with Crippen molar-refractivity contribution in [3.8, 4) is 0 Å². The summed E-state index contributed by atoms with van der Waals surface area (Å²) in [5, 5.41) is 1.14. The number of nitrogens with zero attached hydrogens (tertiary/aromatic N) is 1. The third kappa shape index (κ3) is 4.09. The second-order valence-electron chi connectivity index (χ2n) is 5.25. The van der Waals surface area contributed by atoms with Crippen LogP contribution in [-0.2, 0) is 12.8 Å². The molecule has 1 aromatic carbocycles. The van der Waals surface area contributed by atoms with E-state index in [1.165, 1.54) is 0 Å². The minimum Gasteiger partial charge on any atom is -0.309 e. The standard InChI is InChI=1S/C15H15BrCl2N2O/c1-8(2)6-12-14(16)15(21)20-13(19-12)7-9-10(17)4-3-5-11(9)18/h3-5,8H,6-7H2,1-2H3,(H,19,20,21). The fraction of sp³-hybridized carbons (Fsp3) is 0.333. The Bertz CT molecular complexity index is 693. The second kappa shape index (κ2) is 6.95. The Morgan fingerprint density at radius 3 is 2.48 bits per heavy atom. The Morgan fingerprint density at radius 1 is 1.29 bits per heavy atom. The van der Waals surface area contributed by atoms with Crippen molar-refractivity contribution in [3.05, 3.63) is 60.2 Å². The van der Waals surface area contributed by atoms with Crippen LogP contribution in [0.25, 0.3) is 0 Å². The molecule has 1 heterocycles. The van der Waals surface area contributed by atoms with E-state index >= 15 is 0 Å². The van der Waals surface area contributed by atoms with Gasteiger partial charge in [0.2, 0.25) is 0 Å². The molecule has 2 aromatic rings. The molecule has 1 aromatic heterocycles. The molecule has 0 saturated heterocycles. The molecule has 0 amide bonds. The number of aromatic nitrogens is 2. The van der Waals surface area contributed by atoms with Crippen LogP contribution in [0.3, 0.4) is 0 Å². The van der Waals surface area contributed by atoms with E-state index < -0.39 is 0 Å². The van der Waals surface area contributed by atoms with Gasteiger partial charge in [-0.15, -0.1) is 0 Å². The molecule has 0 unspecified atom stereocenters. The van der Waals surface area contributed by atoms with Crippen LogP contribution in [-0.4, -0.2) is 9.97 Å². The van der Waals surface area contributed by atoms with E-state index in [2.05, 4.69) is 39.7 Å². The summed E-state index contributed by atoms with van der Waals surface area (Å²) in [5.41, 5.74) is 1.34. The van der Waals surface area contributed by atoms with Gasteiger partial charge in [0.25, 0.3) is 5.56 Å². The number of aromatic amines is 1. The molecule has 1 N–H and O–H groups in total. The van der Waals surface area contributed by atoms with E-state index in [0.717, 1.165) is 17.7 Å². The van der Waals surface area contributed by atoms with Crippen molar-refractivity contribution in [3.63, 3.8) is 0 Å². The molecule has 0 bridgehead atoms. The Hall–Kier alpha value is -0.840. The first-order valence-corrected chi connectivity index (χ1v) is 8.13. The van der Waals surface area contributed by atoms with E-state index in [9.17, 15) is 4.79 Å². The largest absolute Gasteiger partial charge is 0.309 e. The average molecular weight is 390 g/mol. The van der Waals surface area contributed by atoms with E-state index in [1.54, 1.807) is 18.2 Å². The van der Waals surface area contributed by atoms with Gasteiger partial charge in [0.05, 0.1) is 5.69 Å². The number of hydrogen-bond acceptors (Lipinski definition) is 2. The number of hydrogen-bond donors (Lipinski definition) is 1. The normalized spacial score (nSPS) is 11.1. The van der Waals surface area contributed by atoms with Gasteiger partial charge in [-0.05, 0) is 46.0 Å². The van der Waals surface area contributed by atoms with E-state index in [1.807, 2.05) is 0 Å². The highest BCUT2D eigenvalue weighted by molar-refractivity contribution is 9.10. The van der Waals surface area contributed by atoms with Crippen molar-refractivity contribution in [1.82, 2.24) is 9.97 Å². The Kier molecular flexibility index (Phi) is 5.47. The zero-order valence-electron chi connectivity index (χ0n) is 11.7. The SMILES string of the molecule is CC(C)Cc1nc(Cc2c(Cl)cccc2Cl)[nH]c(=O)c1Br. The van der Waals surface area contributed by atoms with Gasteiger partial charge in [-0.2, -0.15) is 0 Å². The third-order valence-corrected chi connectivity index (χ3v) is 4.51. The monoisotopic (exact) mass is 388 g/mol. The molecule has 0 aliphatic rings. The first-order valence-electron chi connectivity index (χ1n) is 6.59. The molecule has 0 radical (unpaired) electrons. The first-order chi connectivity index (χ1) is 9.88. The van der Waals surface area contributed by atoms with Gasteiger partial charge in [0.1, 0.15) is 10.3 Å². The van der Waals surface area contributed by atoms with Crippen molar-refractivity contribution in [2.24, 2.45) is 5.92 Å². The number of H-pyrrole nitrogens is 1. The minimum absolute atomic E-state index is 0.182. The fourth-order valence-corrected chi connectivity index (χ4v) is 2.91. The maximum Gasteiger partial charge on any atom is 0.265 e. The van der Waals surface area contributed by atoms with Gasteiger partial charge in [-0.3, -0.25) is 4.79 Å². The van der Waals surface area contributed by atoms with E-state index in [4.69, 9.17) is 23.2 Å². The molecule has 0 aliphatic carbocycles. The molecular weight excluding hydrogens is 375 g/mol. The van der Waals surface area contributed by atoms with Gasteiger partial charge in [-0.1, -0.05) is 43.1 Å². The van der Waals surface area contributed by atoms with Crippen LogP contribution in [0.2, 0.25) is 10.0 Å². The molecule has 0 aliphatic heterocycles. The zero-order chi connectivity index (χ0) is 15.6. The highest BCUT2D eigenvalue weighted by Gasteiger charge is 2.13. The predicted octanol–water partition coefficient (Wildman–Crippen LogP) is 4.63. The summed E-state index contributed by atoms with van der Waals surface area (Å²) in [6, 6.07) is 5.33. The lowest BCUT2D eigenvalue weighted by Crippen LogP contribution is -2.17. The maximum absolute atomic E-state index is 12.0. The molecule has 0 spiro atoms. The van der Waals surface area contributed by atoms with Gasteiger partial charge in [0.15, 0.2) is 0 Å². The molecule has 112 valence electrons. The van der Waals surface area contributed by atoms with Gasteiger partial charge >= 0.3 is 0 Å². The van der Waals surface area contributed by atoms with Crippen LogP contribution in [0, 0.1) is 5.92 Å². The molecule has 2 rings (SSSR count). The molecular formula is C15H15BrCl2N2O. The Morgan fingerprint density at radius 2 is 1.90 bits per heavy atom. The summed E-state index contributed by atoms with van der Waals surface area (Å²) in [6.07, 6.45) is 1.12. The van der Waals surface area contributed by atoms with Crippen LogP contribution in [0.1, 0.15) is 30.9 Å². The second-order valence-corrected chi connectivity index (χ2v) is 6.86. The number of benzene rings is 1. The number of rotatable bonds is 4. The quantitative estimate of drug-likeness (QED) is 0.828. The lowest BCUT2D eigenvalue weighted by molar-refractivity contribution is 0.627. The highest BCUT2D eigenvalue weighted by atomic mass is 79.9. The summed E-state index contributed by atoms with van der Waals surface area (Å²) in [7, 11) is 0. The zero-order valence-corrected chi connectivity index (χ0v) is 14.8. The Labute approximate surface area is 141 Å². The summed E-state index contributed by atoms with van der Waals surface area (Å²) in [4.78, 5) is 19.3. The summed E-state index contributed by atoms with van der Waals surface area (Å²) >= 11 is 15.6. The first kappa shape index (κ1) is 16.5. The summed E-state index contributed by atoms with van der Waals surface area (Å²) in [5.74, 6) is 0.973. The Balaban J connectivity index is 2.41. The third-order valence-electron chi connectivity index (χ3n) is 2.99. The molecule has 0 fully saturated rings. The summed E-state index contributed by atoms with van der Waals surface area (Å²) < 4.78 is 0.491. The molecule has 0 atom stereocenters. The van der Waals surface area contributed by atoms with Gasteiger partial charge < -0.3 is 4.98 Å².